The molecule has 0 radical (unpaired) electrons. The molecule has 0 N–H and O–H groups in total. The van der Waals surface area contributed by atoms with Gasteiger partial charge < -0.3 is 0 Å². The fourth-order valence-corrected chi connectivity index (χ4v) is 6.04. The van der Waals surface area contributed by atoms with Gasteiger partial charge in [0.1, 0.15) is 0 Å². The maximum atomic E-state index is 13.3. The van der Waals surface area contributed by atoms with Gasteiger partial charge in [-0.3, -0.25) is 0 Å². The standard InChI is InChI=1S/C19H18ClNO2S2/c1-2-13-6-7-17-18(13)11-21(19(17)14-8-9-24-12-14)25(22,23)16-5-3-4-15(20)10-16/h3-5,8-13H,2,6-7H2,1H3. The molecule has 6 heteroatoms. The molecule has 0 saturated heterocycles. The van der Waals surface area contributed by atoms with Crippen molar-refractivity contribution in [2.45, 2.75) is 37.0 Å². The lowest BCUT2D eigenvalue weighted by Gasteiger charge is -2.12. The monoisotopic (exact) mass is 391 g/mol. The predicted octanol–water partition coefficient (Wildman–Crippen LogP) is 5.55. The second kappa shape index (κ2) is 6.31. The van der Waals surface area contributed by atoms with Crippen LogP contribution < -0.4 is 0 Å². The first-order chi connectivity index (χ1) is 12.0. The van der Waals surface area contributed by atoms with Gasteiger partial charge in [-0.1, -0.05) is 24.6 Å². The summed E-state index contributed by atoms with van der Waals surface area (Å²) in [6, 6.07) is 8.45. The minimum atomic E-state index is -3.69. The molecule has 1 aliphatic carbocycles. The topological polar surface area (TPSA) is 39.1 Å². The number of rotatable bonds is 4. The minimum Gasteiger partial charge on any atom is -0.241 e. The first-order valence-corrected chi connectivity index (χ1v) is 11.1. The van der Waals surface area contributed by atoms with E-state index in [-0.39, 0.29) is 4.90 Å². The Morgan fingerprint density at radius 3 is 2.84 bits per heavy atom. The van der Waals surface area contributed by atoms with Crippen LogP contribution >= 0.6 is 22.9 Å². The average Bonchev–Trinajstić information content (AvgIpc) is 3.30. The summed E-state index contributed by atoms with van der Waals surface area (Å²) in [5, 5.41) is 4.42. The van der Waals surface area contributed by atoms with Gasteiger partial charge >= 0.3 is 0 Å². The largest absolute Gasteiger partial charge is 0.268 e. The summed E-state index contributed by atoms with van der Waals surface area (Å²) in [5.74, 6) is 0.434. The molecule has 0 saturated carbocycles. The highest BCUT2D eigenvalue weighted by Gasteiger charge is 2.32. The van der Waals surface area contributed by atoms with Crippen LogP contribution in [0.1, 0.15) is 36.8 Å². The highest BCUT2D eigenvalue weighted by molar-refractivity contribution is 7.90. The summed E-state index contributed by atoms with van der Waals surface area (Å²) in [5.41, 5.74) is 4.13. The quantitative estimate of drug-likeness (QED) is 0.585. The number of aromatic nitrogens is 1. The average molecular weight is 392 g/mol. The van der Waals surface area contributed by atoms with Gasteiger partial charge in [-0.25, -0.2) is 12.4 Å². The molecule has 25 heavy (non-hydrogen) atoms. The lowest BCUT2D eigenvalue weighted by Crippen LogP contribution is -2.14. The van der Waals surface area contributed by atoms with Gasteiger partial charge in [0.05, 0.1) is 10.6 Å². The van der Waals surface area contributed by atoms with Crippen molar-refractivity contribution in [3.8, 4) is 11.3 Å². The molecule has 0 spiro atoms. The van der Waals surface area contributed by atoms with E-state index in [4.69, 9.17) is 11.6 Å². The van der Waals surface area contributed by atoms with E-state index >= 15 is 0 Å². The lowest BCUT2D eigenvalue weighted by molar-refractivity contribution is 0.586. The van der Waals surface area contributed by atoms with Gasteiger partial charge in [-0.05, 0) is 66.0 Å². The van der Waals surface area contributed by atoms with Crippen molar-refractivity contribution >= 4 is 33.0 Å². The number of benzene rings is 1. The Morgan fingerprint density at radius 2 is 2.16 bits per heavy atom. The summed E-state index contributed by atoms with van der Waals surface area (Å²) >= 11 is 7.60. The van der Waals surface area contributed by atoms with Crippen LogP contribution in [0.4, 0.5) is 0 Å². The van der Waals surface area contributed by atoms with Gasteiger partial charge in [0, 0.05) is 22.2 Å². The van der Waals surface area contributed by atoms with Crippen LogP contribution in [0.25, 0.3) is 11.3 Å². The summed E-state index contributed by atoms with van der Waals surface area (Å²) < 4.78 is 28.1. The molecule has 0 amide bonds. The molecule has 1 aromatic carbocycles. The number of halogens is 1. The summed E-state index contributed by atoms with van der Waals surface area (Å²) in [4.78, 5) is 0.221. The number of fused-ring (bicyclic) bond motifs is 1. The molecular weight excluding hydrogens is 374 g/mol. The van der Waals surface area contributed by atoms with Crippen LogP contribution in [-0.2, 0) is 16.4 Å². The van der Waals surface area contributed by atoms with E-state index < -0.39 is 10.0 Å². The van der Waals surface area contributed by atoms with Crippen LogP contribution in [0, 0.1) is 0 Å². The third-order valence-electron chi connectivity index (χ3n) is 4.93. The molecule has 130 valence electrons. The van der Waals surface area contributed by atoms with Crippen LogP contribution in [0.15, 0.2) is 52.2 Å². The van der Waals surface area contributed by atoms with Crippen molar-refractivity contribution in [2.24, 2.45) is 0 Å². The first-order valence-electron chi connectivity index (χ1n) is 8.30. The highest BCUT2D eigenvalue weighted by atomic mass is 35.5. The molecule has 2 heterocycles. The third kappa shape index (κ3) is 2.75. The number of hydrogen-bond donors (Lipinski definition) is 0. The summed E-state index contributed by atoms with van der Waals surface area (Å²) in [6.07, 6.45) is 4.88. The molecule has 0 bridgehead atoms. The van der Waals surface area contributed by atoms with E-state index in [9.17, 15) is 8.42 Å². The molecule has 1 unspecified atom stereocenters. The molecule has 0 aliphatic heterocycles. The van der Waals surface area contributed by atoms with Crippen LogP contribution in [-0.4, -0.2) is 12.4 Å². The summed E-state index contributed by atoms with van der Waals surface area (Å²) in [6.45, 7) is 2.16. The molecule has 3 aromatic rings. The zero-order valence-electron chi connectivity index (χ0n) is 13.8. The molecule has 1 aliphatic rings. The third-order valence-corrected chi connectivity index (χ3v) is 7.51. The first kappa shape index (κ1) is 16.9. The Labute approximate surface area is 156 Å². The zero-order valence-corrected chi connectivity index (χ0v) is 16.2. The zero-order chi connectivity index (χ0) is 17.6. The normalized spacial score (nSPS) is 17.0. The molecule has 3 nitrogen and oxygen atoms in total. The second-order valence-corrected chi connectivity index (χ2v) is 9.36. The smallest absolute Gasteiger partial charge is 0.241 e. The van der Waals surface area contributed by atoms with E-state index in [0.29, 0.717) is 10.9 Å². The van der Waals surface area contributed by atoms with Crippen LogP contribution in [0.3, 0.4) is 0 Å². The Balaban J connectivity index is 1.96. The number of thiophene rings is 1. The van der Waals surface area contributed by atoms with Gasteiger partial charge in [-0.15, -0.1) is 0 Å². The Hall–Kier alpha value is -1.56. The lowest BCUT2D eigenvalue weighted by atomic mass is 10.0. The number of hydrogen-bond acceptors (Lipinski definition) is 3. The van der Waals surface area contributed by atoms with E-state index in [1.807, 2.05) is 23.0 Å². The van der Waals surface area contributed by atoms with Gasteiger partial charge in [0.25, 0.3) is 10.0 Å². The molecular formula is C19H18ClNO2S2. The van der Waals surface area contributed by atoms with E-state index in [2.05, 4.69) is 6.92 Å². The molecule has 0 fully saturated rings. The van der Waals surface area contributed by atoms with Crippen LogP contribution in [0.2, 0.25) is 5.02 Å². The van der Waals surface area contributed by atoms with Crippen LogP contribution in [0.5, 0.6) is 0 Å². The van der Waals surface area contributed by atoms with Crippen molar-refractivity contribution in [3.63, 3.8) is 0 Å². The maximum Gasteiger partial charge on any atom is 0.268 e. The van der Waals surface area contributed by atoms with Crippen molar-refractivity contribution < 1.29 is 8.42 Å². The van der Waals surface area contributed by atoms with E-state index in [0.717, 1.165) is 30.5 Å². The molecule has 1 atom stereocenters. The Bertz CT molecular complexity index is 1020. The van der Waals surface area contributed by atoms with Crippen molar-refractivity contribution in [3.05, 3.63) is 63.4 Å². The maximum absolute atomic E-state index is 13.3. The second-order valence-electron chi connectivity index (χ2n) is 6.33. The summed E-state index contributed by atoms with van der Waals surface area (Å²) in [7, 11) is -3.69. The van der Waals surface area contributed by atoms with E-state index in [1.165, 1.54) is 21.2 Å². The van der Waals surface area contributed by atoms with Crippen molar-refractivity contribution in [1.82, 2.24) is 3.97 Å². The van der Waals surface area contributed by atoms with Gasteiger partial charge in [0.15, 0.2) is 0 Å². The minimum absolute atomic E-state index is 0.221. The van der Waals surface area contributed by atoms with Gasteiger partial charge in [0.2, 0.25) is 0 Å². The molecule has 4 rings (SSSR count). The fourth-order valence-electron chi connectivity index (χ4n) is 3.68. The highest BCUT2D eigenvalue weighted by Crippen LogP contribution is 2.43. The Kier molecular flexibility index (Phi) is 4.26. The SMILES string of the molecule is CCC1CCc2c1cn(S(=O)(=O)c1cccc(Cl)c1)c2-c1ccsc1. The predicted molar refractivity (Wildman–Crippen MR) is 103 cm³/mol. The molecule has 2 aromatic heterocycles. The Morgan fingerprint density at radius 1 is 1.32 bits per heavy atom. The van der Waals surface area contributed by atoms with E-state index in [1.54, 1.807) is 29.5 Å². The van der Waals surface area contributed by atoms with Crippen molar-refractivity contribution in [1.29, 1.82) is 0 Å². The number of nitrogens with zero attached hydrogens (tertiary/aromatic N) is 1. The van der Waals surface area contributed by atoms with Crippen molar-refractivity contribution in [2.75, 3.05) is 0 Å². The van der Waals surface area contributed by atoms with Gasteiger partial charge in [-0.2, -0.15) is 11.3 Å². The fraction of sp³-hybridized carbons (Fsp3) is 0.263.